The van der Waals surface area contributed by atoms with Gasteiger partial charge in [-0.15, -0.1) is 0 Å². The third kappa shape index (κ3) is 3.41. The number of carbonyl (C=O) groups excluding carboxylic acids is 2. The summed E-state index contributed by atoms with van der Waals surface area (Å²) in [5.74, 6) is -0.206. The smallest absolute Gasteiger partial charge is 0.256 e. The van der Waals surface area contributed by atoms with Crippen molar-refractivity contribution in [1.29, 1.82) is 0 Å². The number of hydrogen-bond donors (Lipinski definition) is 4. The molecule has 1 aromatic heterocycles. The molecule has 8 heteroatoms. The molecule has 7 nitrogen and oxygen atoms in total. The van der Waals surface area contributed by atoms with E-state index in [-0.39, 0.29) is 17.9 Å². The second kappa shape index (κ2) is 7.86. The highest BCUT2D eigenvalue weighted by Gasteiger charge is 2.42. The molecule has 0 aliphatic carbocycles. The normalized spacial score (nSPS) is 22.0. The number of H-pyrrole nitrogens is 1. The standard InChI is InChI=1S/C24H27BrN4O3/c1-13-20(12-17-16-11-15(25)3-4-18(16)28-22(17)30)27-19-5-10-29(23(31)21(13)19)14(2)24(32)6-8-26-9-7-24/h3-4,11-12,14,26-27,32H,5-10H2,1-2H3,(H,28,30). The van der Waals surface area contributed by atoms with Gasteiger partial charge in [0.15, 0.2) is 0 Å². The van der Waals surface area contributed by atoms with E-state index in [4.69, 9.17) is 0 Å². The molecule has 1 saturated heterocycles. The number of nitrogens with zero attached hydrogens (tertiary/aromatic N) is 1. The van der Waals surface area contributed by atoms with Gasteiger partial charge in [0.05, 0.1) is 22.8 Å². The summed E-state index contributed by atoms with van der Waals surface area (Å²) in [7, 11) is 0. The molecule has 1 aromatic carbocycles. The van der Waals surface area contributed by atoms with E-state index < -0.39 is 5.60 Å². The Morgan fingerprint density at radius 3 is 2.75 bits per heavy atom. The van der Waals surface area contributed by atoms with Crippen molar-refractivity contribution in [3.8, 4) is 0 Å². The molecular weight excluding hydrogens is 472 g/mol. The second-order valence-corrected chi connectivity index (χ2v) is 9.91. The highest BCUT2D eigenvalue weighted by Crippen LogP contribution is 2.37. The third-order valence-corrected chi connectivity index (χ3v) is 7.70. The summed E-state index contributed by atoms with van der Waals surface area (Å²) in [5.41, 5.74) is 4.50. The Kier molecular flexibility index (Phi) is 5.27. The summed E-state index contributed by atoms with van der Waals surface area (Å²) in [5, 5.41) is 17.3. The van der Waals surface area contributed by atoms with Gasteiger partial charge in [-0.3, -0.25) is 9.59 Å². The SMILES string of the molecule is Cc1c(C=C2C(=O)Nc3ccc(Br)cc32)[nH]c2c1C(=O)N(C(C)C1(O)CCNCC1)CC2. The van der Waals surface area contributed by atoms with E-state index in [1.807, 2.05) is 43.0 Å². The van der Waals surface area contributed by atoms with Crippen LogP contribution in [0.15, 0.2) is 22.7 Å². The fraction of sp³-hybridized carbons (Fsp3) is 0.417. The number of halogens is 1. The van der Waals surface area contributed by atoms with Gasteiger partial charge in [-0.05, 0) is 69.6 Å². The molecule has 3 aliphatic heterocycles. The van der Waals surface area contributed by atoms with Crippen molar-refractivity contribution in [2.24, 2.45) is 0 Å². The van der Waals surface area contributed by atoms with Gasteiger partial charge >= 0.3 is 0 Å². The number of hydrogen-bond acceptors (Lipinski definition) is 4. The molecule has 4 heterocycles. The molecule has 2 amide bonds. The lowest BCUT2D eigenvalue weighted by atomic mass is 9.84. The van der Waals surface area contributed by atoms with Gasteiger partial charge in [0.25, 0.3) is 11.8 Å². The minimum Gasteiger partial charge on any atom is -0.388 e. The van der Waals surface area contributed by atoms with Gasteiger partial charge in [0, 0.05) is 40.1 Å². The Morgan fingerprint density at radius 1 is 1.25 bits per heavy atom. The van der Waals surface area contributed by atoms with Crippen molar-refractivity contribution in [3.63, 3.8) is 0 Å². The average Bonchev–Trinajstić information content (AvgIpc) is 3.25. The van der Waals surface area contributed by atoms with Crippen LogP contribution in [0.1, 0.15) is 52.6 Å². The van der Waals surface area contributed by atoms with E-state index in [1.54, 1.807) is 0 Å². The number of rotatable bonds is 3. The van der Waals surface area contributed by atoms with Crippen molar-refractivity contribution >= 4 is 45.1 Å². The zero-order valence-corrected chi connectivity index (χ0v) is 19.8. The molecule has 0 radical (unpaired) electrons. The van der Waals surface area contributed by atoms with Crippen molar-refractivity contribution in [1.82, 2.24) is 15.2 Å². The molecule has 1 atom stereocenters. The monoisotopic (exact) mass is 498 g/mol. The lowest BCUT2D eigenvalue weighted by Crippen LogP contribution is -2.58. The largest absolute Gasteiger partial charge is 0.388 e. The Bertz CT molecular complexity index is 1150. The summed E-state index contributed by atoms with van der Waals surface area (Å²) in [6.45, 7) is 5.96. The minimum absolute atomic E-state index is 0.0527. The molecule has 168 valence electrons. The van der Waals surface area contributed by atoms with Crippen LogP contribution in [0, 0.1) is 6.92 Å². The Balaban J connectivity index is 1.48. The first-order chi connectivity index (χ1) is 15.3. The molecule has 32 heavy (non-hydrogen) atoms. The van der Waals surface area contributed by atoms with E-state index in [0.29, 0.717) is 36.9 Å². The maximum absolute atomic E-state index is 13.5. The zero-order valence-electron chi connectivity index (χ0n) is 18.2. The van der Waals surface area contributed by atoms with Crippen LogP contribution < -0.4 is 10.6 Å². The summed E-state index contributed by atoms with van der Waals surface area (Å²) in [4.78, 5) is 31.3. The van der Waals surface area contributed by atoms with Gasteiger partial charge in [-0.1, -0.05) is 15.9 Å². The zero-order chi connectivity index (χ0) is 22.6. The van der Waals surface area contributed by atoms with Crippen molar-refractivity contribution in [2.45, 2.75) is 44.8 Å². The maximum atomic E-state index is 13.5. The molecule has 5 rings (SSSR count). The molecular formula is C24H27BrN4O3. The van der Waals surface area contributed by atoms with Crippen LogP contribution in [0.4, 0.5) is 5.69 Å². The third-order valence-electron chi connectivity index (χ3n) is 7.21. The van der Waals surface area contributed by atoms with Crippen LogP contribution in [0.5, 0.6) is 0 Å². The van der Waals surface area contributed by atoms with E-state index >= 15 is 0 Å². The molecule has 3 aliphatic rings. The first-order valence-electron chi connectivity index (χ1n) is 11.1. The second-order valence-electron chi connectivity index (χ2n) is 9.00. The molecule has 0 spiro atoms. The maximum Gasteiger partial charge on any atom is 0.256 e. The van der Waals surface area contributed by atoms with Crippen LogP contribution in [0.3, 0.4) is 0 Å². The Hall–Kier alpha value is -2.42. The summed E-state index contributed by atoms with van der Waals surface area (Å²) < 4.78 is 0.900. The van der Waals surface area contributed by atoms with Crippen LogP contribution in [0.2, 0.25) is 0 Å². The van der Waals surface area contributed by atoms with Crippen molar-refractivity contribution in [2.75, 3.05) is 25.0 Å². The van der Waals surface area contributed by atoms with Gasteiger partial charge in [-0.2, -0.15) is 0 Å². The molecule has 1 unspecified atom stereocenters. The number of nitrogens with one attached hydrogen (secondary N) is 3. The number of fused-ring (bicyclic) bond motifs is 2. The Labute approximate surface area is 195 Å². The van der Waals surface area contributed by atoms with Gasteiger partial charge in [-0.25, -0.2) is 0 Å². The number of aromatic nitrogens is 1. The van der Waals surface area contributed by atoms with E-state index in [1.165, 1.54) is 0 Å². The lowest BCUT2D eigenvalue weighted by Gasteiger charge is -2.44. The predicted molar refractivity (Wildman–Crippen MR) is 127 cm³/mol. The number of aliphatic hydroxyl groups is 1. The van der Waals surface area contributed by atoms with Crippen LogP contribution in [-0.4, -0.2) is 58.1 Å². The van der Waals surface area contributed by atoms with Gasteiger partial charge < -0.3 is 25.6 Å². The van der Waals surface area contributed by atoms with Gasteiger partial charge in [0.1, 0.15) is 0 Å². The van der Waals surface area contributed by atoms with Crippen LogP contribution in [-0.2, 0) is 11.2 Å². The van der Waals surface area contributed by atoms with Crippen molar-refractivity contribution in [3.05, 3.63) is 50.8 Å². The quantitative estimate of drug-likeness (QED) is 0.488. The minimum atomic E-state index is -0.869. The van der Waals surface area contributed by atoms with E-state index in [0.717, 1.165) is 45.8 Å². The molecule has 0 bridgehead atoms. The molecule has 4 N–H and O–H groups in total. The highest BCUT2D eigenvalue weighted by atomic mass is 79.9. The van der Waals surface area contributed by atoms with Crippen LogP contribution >= 0.6 is 15.9 Å². The number of piperidine rings is 1. The predicted octanol–water partition coefficient (Wildman–Crippen LogP) is 3.08. The summed E-state index contributed by atoms with van der Waals surface area (Å²) >= 11 is 3.47. The van der Waals surface area contributed by atoms with Gasteiger partial charge in [0.2, 0.25) is 0 Å². The number of benzene rings is 1. The molecule has 2 aromatic rings. The fourth-order valence-electron chi connectivity index (χ4n) is 5.16. The number of anilines is 1. The summed E-state index contributed by atoms with van der Waals surface area (Å²) in [6, 6.07) is 5.43. The average molecular weight is 499 g/mol. The number of carbonyl (C=O) groups is 2. The van der Waals surface area contributed by atoms with E-state index in [2.05, 4.69) is 31.5 Å². The van der Waals surface area contributed by atoms with Crippen molar-refractivity contribution < 1.29 is 14.7 Å². The topological polar surface area (TPSA) is 97.5 Å². The lowest BCUT2D eigenvalue weighted by molar-refractivity contribution is -0.110. The summed E-state index contributed by atoms with van der Waals surface area (Å²) in [6.07, 6.45) is 3.80. The fourth-order valence-corrected chi connectivity index (χ4v) is 5.52. The first kappa shape index (κ1) is 21.4. The number of amides is 2. The number of aromatic amines is 1. The van der Waals surface area contributed by atoms with Crippen LogP contribution in [0.25, 0.3) is 11.6 Å². The molecule has 1 fully saturated rings. The first-order valence-corrected chi connectivity index (χ1v) is 11.9. The Morgan fingerprint density at radius 2 is 2.00 bits per heavy atom. The highest BCUT2D eigenvalue weighted by molar-refractivity contribution is 9.10. The van der Waals surface area contributed by atoms with E-state index in [9.17, 15) is 14.7 Å². The molecule has 0 saturated carbocycles.